The third-order valence-corrected chi connectivity index (χ3v) is 5.08. The average molecular weight is 325 g/mol. The number of ketones is 1. The molecule has 0 amide bonds. The Morgan fingerprint density at radius 3 is 2.32 bits per heavy atom. The van der Waals surface area contributed by atoms with Crippen LogP contribution in [-0.4, -0.2) is 16.7 Å². The molecule has 0 aliphatic carbocycles. The summed E-state index contributed by atoms with van der Waals surface area (Å²) >= 11 is 0. The zero-order valence-electron chi connectivity index (χ0n) is 13.4. The molecule has 2 aliphatic rings. The molecule has 25 heavy (non-hydrogen) atoms. The number of carbonyl (C=O) groups excluding carboxylic acids is 1. The van der Waals surface area contributed by atoms with Gasteiger partial charge in [-0.1, -0.05) is 54.6 Å². The molecule has 2 aromatic rings. The van der Waals surface area contributed by atoms with E-state index in [1.165, 1.54) is 0 Å². The van der Waals surface area contributed by atoms with Crippen molar-refractivity contribution in [2.24, 2.45) is 11.8 Å². The van der Waals surface area contributed by atoms with Crippen LogP contribution in [0.3, 0.4) is 0 Å². The molecule has 0 N–H and O–H groups in total. The second kappa shape index (κ2) is 5.92. The summed E-state index contributed by atoms with van der Waals surface area (Å²) in [6, 6.07) is 20.4. The number of nitrogens with zero attached hydrogens (tertiary/aromatic N) is 3. The maximum atomic E-state index is 13.1. The Labute approximate surface area is 146 Å². The summed E-state index contributed by atoms with van der Waals surface area (Å²) in [5.74, 6) is -1.33. The van der Waals surface area contributed by atoms with E-state index >= 15 is 0 Å². The minimum absolute atomic E-state index is 0.112. The number of nitriles is 2. The zero-order valence-corrected chi connectivity index (χ0v) is 13.4. The number of Topliss-reactive ketones (excluding diaryl/α,β-unsaturated/α-hetero) is 1. The van der Waals surface area contributed by atoms with E-state index in [0.29, 0.717) is 5.56 Å². The van der Waals surface area contributed by atoms with Crippen molar-refractivity contribution in [2.75, 3.05) is 0 Å². The van der Waals surface area contributed by atoms with Gasteiger partial charge in [-0.2, -0.15) is 10.5 Å². The molecule has 4 rings (SSSR count). The zero-order chi connectivity index (χ0) is 17.4. The Morgan fingerprint density at radius 1 is 0.920 bits per heavy atom. The van der Waals surface area contributed by atoms with Gasteiger partial charge >= 0.3 is 0 Å². The van der Waals surface area contributed by atoms with Crippen molar-refractivity contribution in [2.45, 2.75) is 12.1 Å². The largest absolute Gasteiger partial charge is 0.357 e. The van der Waals surface area contributed by atoms with E-state index in [1.807, 2.05) is 59.6 Å². The monoisotopic (exact) mass is 325 g/mol. The van der Waals surface area contributed by atoms with Crippen molar-refractivity contribution in [3.05, 3.63) is 77.5 Å². The molecule has 4 nitrogen and oxygen atoms in total. The van der Waals surface area contributed by atoms with Crippen molar-refractivity contribution >= 4 is 11.9 Å². The SMILES string of the molecule is N#CC1C(C#N)C2c3ccccc3C=CN2C1C(=O)c1ccccc1. The van der Waals surface area contributed by atoms with Crippen molar-refractivity contribution in [3.8, 4) is 12.1 Å². The van der Waals surface area contributed by atoms with Crippen molar-refractivity contribution < 1.29 is 4.79 Å². The highest BCUT2D eigenvalue weighted by Gasteiger charge is 2.53. The quantitative estimate of drug-likeness (QED) is 0.792. The van der Waals surface area contributed by atoms with Crippen LogP contribution >= 0.6 is 0 Å². The van der Waals surface area contributed by atoms with Gasteiger partial charge < -0.3 is 4.90 Å². The summed E-state index contributed by atoms with van der Waals surface area (Å²) in [6.07, 6.45) is 3.81. The predicted octanol–water partition coefficient (Wildman–Crippen LogP) is 3.56. The minimum Gasteiger partial charge on any atom is -0.357 e. The molecule has 2 heterocycles. The fraction of sp³-hybridized carbons (Fsp3) is 0.190. The van der Waals surface area contributed by atoms with Crippen LogP contribution in [0, 0.1) is 34.5 Å². The molecule has 120 valence electrons. The van der Waals surface area contributed by atoms with E-state index < -0.39 is 17.9 Å². The topological polar surface area (TPSA) is 67.9 Å². The third kappa shape index (κ3) is 2.23. The van der Waals surface area contributed by atoms with Gasteiger partial charge in [-0.15, -0.1) is 0 Å². The number of rotatable bonds is 2. The van der Waals surface area contributed by atoms with Crippen molar-refractivity contribution in [1.82, 2.24) is 4.90 Å². The fourth-order valence-corrected chi connectivity index (χ4v) is 3.95. The van der Waals surface area contributed by atoms with Gasteiger partial charge in [0.15, 0.2) is 5.78 Å². The van der Waals surface area contributed by atoms with E-state index in [0.717, 1.165) is 11.1 Å². The molecule has 0 radical (unpaired) electrons. The summed E-state index contributed by atoms with van der Waals surface area (Å²) < 4.78 is 0. The smallest absolute Gasteiger partial charge is 0.186 e. The number of benzene rings is 2. The highest BCUT2D eigenvalue weighted by Crippen LogP contribution is 2.48. The van der Waals surface area contributed by atoms with Gasteiger partial charge in [-0.3, -0.25) is 4.79 Å². The molecule has 1 saturated heterocycles. The molecule has 0 saturated carbocycles. The summed E-state index contributed by atoms with van der Waals surface area (Å²) in [6.45, 7) is 0. The van der Waals surface area contributed by atoms with Gasteiger partial charge in [-0.05, 0) is 17.2 Å². The Bertz CT molecular complexity index is 936. The van der Waals surface area contributed by atoms with Crippen molar-refractivity contribution in [3.63, 3.8) is 0 Å². The first-order chi connectivity index (χ1) is 12.3. The average Bonchev–Trinajstić information content (AvgIpc) is 3.01. The van der Waals surface area contributed by atoms with Gasteiger partial charge in [0.05, 0.1) is 30.0 Å². The van der Waals surface area contributed by atoms with Gasteiger partial charge in [0, 0.05) is 11.8 Å². The van der Waals surface area contributed by atoms with Gasteiger partial charge in [0.1, 0.15) is 6.04 Å². The van der Waals surface area contributed by atoms with E-state index in [9.17, 15) is 15.3 Å². The standard InChI is InChI=1S/C21H15N3O/c22-12-17-18(13-23)20(21(25)15-7-2-1-3-8-15)24-11-10-14-6-4-5-9-16(14)19(17)24/h1-11,17-20H. The lowest BCUT2D eigenvalue weighted by molar-refractivity contribution is 0.0869. The van der Waals surface area contributed by atoms with E-state index in [2.05, 4.69) is 12.1 Å². The maximum absolute atomic E-state index is 13.1. The lowest BCUT2D eigenvalue weighted by atomic mass is 9.83. The molecule has 0 bridgehead atoms. The van der Waals surface area contributed by atoms with Crippen LogP contribution in [0.25, 0.3) is 6.08 Å². The first-order valence-corrected chi connectivity index (χ1v) is 8.19. The molecule has 4 heteroatoms. The van der Waals surface area contributed by atoms with Crippen molar-refractivity contribution in [1.29, 1.82) is 10.5 Å². The van der Waals surface area contributed by atoms with Crippen LogP contribution in [0.4, 0.5) is 0 Å². The van der Waals surface area contributed by atoms with Crippen LogP contribution in [-0.2, 0) is 0 Å². The normalized spacial score (nSPS) is 26.2. The Kier molecular flexibility index (Phi) is 3.60. The minimum atomic E-state index is -0.668. The summed E-state index contributed by atoms with van der Waals surface area (Å²) in [4.78, 5) is 15.0. The lowest BCUT2D eigenvalue weighted by Gasteiger charge is -2.33. The number of hydrogen-bond donors (Lipinski definition) is 0. The van der Waals surface area contributed by atoms with E-state index in [4.69, 9.17) is 0 Å². The van der Waals surface area contributed by atoms with E-state index in [1.54, 1.807) is 12.1 Å². The van der Waals surface area contributed by atoms with Gasteiger partial charge in [-0.25, -0.2) is 0 Å². The lowest BCUT2D eigenvalue weighted by Crippen LogP contribution is -2.38. The molecule has 4 atom stereocenters. The Hall–Kier alpha value is -3.37. The summed E-state index contributed by atoms with van der Waals surface area (Å²) in [7, 11) is 0. The van der Waals surface area contributed by atoms with Gasteiger partial charge in [0.25, 0.3) is 0 Å². The fourth-order valence-electron chi connectivity index (χ4n) is 3.95. The van der Waals surface area contributed by atoms with Crippen LogP contribution in [0.2, 0.25) is 0 Å². The highest BCUT2D eigenvalue weighted by molar-refractivity contribution is 6.01. The predicted molar refractivity (Wildman–Crippen MR) is 92.8 cm³/mol. The third-order valence-electron chi connectivity index (χ3n) is 5.08. The molecule has 1 fully saturated rings. The van der Waals surface area contributed by atoms with Gasteiger partial charge in [0.2, 0.25) is 0 Å². The van der Waals surface area contributed by atoms with Crippen LogP contribution in [0.5, 0.6) is 0 Å². The molecule has 2 aliphatic heterocycles. The summed E-state index contributed by atoms with van der Waals surface area (Å²) in [5.41, 5.74) is 2.60. The second-order valence-corrected chi connectivity index (χ2v) is 6.32. The number of fused-ring (bicyclic) bond motifs is 3. The highest BCUT2D eigenvalue weighted by atomic mass is 16.1. The molecule has 0 spiro atoms. The number of hydrogen-bond acceptors (Lipinski definition) is 4. The molecule has 0 aromatic heterocycles. The van der Waals surface area contributed by atoms with Crippen LogP contribution < -0.4 is 0 Å². The first-order valence-electron chi connectivity index (χ1n) is 8.19. The summed E-state index contributed by atoms with van der Waals surface area (Å²) in [5, 5.41) is 19.5. The first kappa shape index (κ1) is 15.2. The van der Waals surface area contributed by atoms with Crippen LogP contribution in [0.15, 0.2) is 60.8 Å². The molecule has 2 aromatic carbocycles. The maximum Gasteiger partial charge on any atom is 0.186 e. The Balaban J connectivity index is 1.83. The number of carbonyl (C=O) groups is 1. The Morgan fingerprint density at radius 2 is 1.60 bits per heavy atom. The molecule has 4 unspecified atom stereocenters. The second-order valence-electron chi connectivity index (χ2n) is 6.32. The van der Waals surface area contributed by atoms with Crippen LogP contribution in [0.1, 0.15) is 27.5 Å². The van der Waals surface area contributed by atoms with E-state index in [-0.39, 0.29) is 11.8 Å². The molecular weight excluding hydrogens is 310 g/mol. The molecular formula is C21H15N3O.